The quantitative estimate of drug-likeness (QED) is 0.892. The molecule has 20 heavy (non-hydrogen) atoms. The van der Waals surface area contributed by atoms with Gasteiger partial charge < -0.3 is 9.47 Å². The van der Waals surface area contributed by atoms with E-state index in [1.807, 2.05) is 27.7 Å². The molecule has 0 aliphatic carbocycles. The smallest absolute Gasteiger partial charge is 0.270 e. The molecule has 0 saturated heterocycles. The predicted octanol–water partition coefficient (Wildman–Crippen LogP) is 1.42. The Balaban J connectivity index is 3.26. The molecular formula is C13H23N3O3S. The Morgan fingerprint density at radius 1 is 1.40 bits per heavy atom. The number of aromatic nitrogens is 1. The van der Waals surface area contributed by atoms with Crippen molar-refractivity contribution < 1.29 is 13.2 Å². The van der Waals surface area contributed by atoms with Crippen LogP contribution >= 0.6 is 0 Å². The number of sulfonamides is 1. The maximum Gasteiger partial charge on any atom is 0.270 e. The van der Waals surface area contributed by atoms with Crippen LogP contribution < -0.4 is 5.14 Å². The van der Waals surface area contributed by atoms with Gasteiger partial charge in [0, 0.05) is 25.3 Å². The van der Waals surface area contributed by atoms with E-state index in [0.29, 0.717) is 12.2 Å². The van der Waals surface area contributed by atoms with Gasteiger partial charge in [-0.3, -0.25) is 4.79 Å². The molecular weight excluding hydrogens is 278 g/mol. The number of hydrogen-bond donors (Lipinski definition) is 1. The van der Waals surface area contributed by atoms with Gasteiger partial charge in [0.25, 0.3) is 5.91 Å². The zero-order chi connectivity index (χ0) is 15.7. The Hall–Kier alpha value is -1.34. The lowest BCUT2D eigenvalue weighted by atomic mass is 9.99. The zero-order valence-corrected chi connectivity index (χ0v) is 13.5. The second-order valence-electron chi connectivity index (χ2n) is 5.42. The number of rotatable bonds is 5. The van der Waals surface area contributed by atoms with Crippen molar-refractivity contribution in [3.8, 4) is 0 Å². The second kappa shape index (κ2) is 5.57. The van der Waals surface area contributed by atoms with Gasteiger partial charge in [-0.15, -0.1) is 0 Å². The van der Waals surface area contributed by atoms with E-state index in [0.717, 1.165) is 6.42 Å². The normalized spacial score (nSPS) is 12.5. The largest absolute Gasteiger partial charge is 0.342 e. The summed E-state index contributed by atoms with van der Waals surface area (Å²) in [6.07, 6.45) is 2.19. The van der Waals surface area contributed by atoms with Crippen molar-refractivity contribution in [3.63, 3.8) is 0 Å². The van der Waals surface area contributed by atoms with Crippen LogP contribution in [0.15, 0.2) is 17.2 Å². The third kappa shape index (κ3) is 3.21. The van der Waals surface area contributed by atoms with Crippen molar-refractivity contribution in [1.29, 1.82) is 0 Å². The number of aryl methyl sites for hydroxylation is 1. The van der Waals surface area contributed by atoms with E-state index in [9.17, 15) is 13.2 Å². The summed E-state index contributed by atoms with van der Waals surface area (Å²) in [4.78, 5) is 14.1. The molecule has 7 heteroatoms. The van der Waals surface area contributed by atoms with Crippen molar-refractivity contribution in [3.05, 3.63) is 18.0 Å². The molecule has 6 nitrogen and oxygen atoms in total. The molecule has 0 aliphatic rings. The van der Waals surface area contributed by atoms with E-state index in [2.05, 4.69) is 0 Å². The van der Waals surface area contributed by atoms with E-state index in [-0.39, 0.29) is 16.3 Å². The monoisotopic (exact) mass is 301 g/mol. The lowest BCUT2D eigenvalue weighted by molar-refractivity contribution is 0.0609. The van der Waals surface area contributed by atoms with Crippen LogP contribution in [0.4, 0.5) is 0 Å². The molecule has 1 aromatic heterocycles. The number of nitrogens with zero attached hydrogens (tertiary/aromatic N) is 2. The highest BCUT2D eigenvalue weighted by Gasteiger charge is 2.29. The van der Waals surface area contributed by atoms with Crippen molar-refractivity contribution in [2.45, 2.75) is 51.1 Å². The molecule has 0 aromatic carbocycles. The van der Waals surface area contributed by atoms with Crippen LogP contribution in [-0.2, 0) is 16.6 Å². The van der Waals surface area contributed by atoms with Crippen LogP contribution in [0.1, 0.15) is 44.6 Å². The highest BCUT2D eigenvalue weighted by molar-refractivity contribution is 7.89. The zero-order valence-electron chi connectivity index (χ0n) is 12.7. The summed E-state index contributed by atoms with van der Waals surface area (Å²) in [6, 6.07) is 1.34. The first kappa shape index (κ1) is 16.7. The molecule has 1 rings (SSSR count). The Kier molecular flexibility index (Phi) is 4.66. The summed E-state index contributed by atoms with van der Waals surface area (Å²) in [6.45, 7) is 8.26. The highest BCUT2D eigenvalue weighted by Crippen LogP contribution is 2.21. The Bertz CT molecular complexity index is 602. The average molecular weight is 301 g/mol. The third-order valence-corrected chi connectivity index (χ3v) is 4.72. The van der Waals surface area contributed by atoms with Crippen molar-refractivity contribution in [1.82, 2.24) is 9.47 Å². The van der Waals surface area contributed by atoms with Crippen LogP contribution in [0, 0.1) is 0 Å². The number of nitrogens with two attached hydrogens (primary N) is 1. The van der Waals surface area contributed by atoms with Crippen LogP contribution in [0.2, 0.25) is 0 Å². The first-order valence-corrected chi connectivity index (χ1v) is 8.10. The van der Waals surface area contributed by atoms with Crippen LogP contribution in [0.25, 0.3) is 0 Å². The molecule has 114 valence electrons. The van der Waals surface area contributed by atoms with Crippen LogP contribution in [0.3, 0.4) is 0 Å². The second-order valence-corrected chi connectivity index (χ2v) is 6.98. The summed E-state index contributed by atoms with van der Waals surface area (Å²) < 4.78 is 24.4. The maximum absolute atomic E-state index is 12.5. The SMILES string of the molecule is CCn1cc(S(N)(=O)=O)cc1C(=O)N(C)C(C)(C)CC. The number of hydrogen-bond acceptors (Lipinski definition) is 3. The lowest BCUT2D eigenvalue weighted by Gasteiger charge is -2.35. The van der Waals surface area contributed by atoms with Gasteiger partial charge in [0.15, 0.2) is 0 Å². The van der Waals surface area contributed by atoms with Crippen molar-refractivity contribution in [2.75, 3.05) is 7.05 Å². The molecule has 1 amide bonds. The Morgan fingerprint density at radius 2 is 1.95 bits per heavy atom. The fourth-order valence-electron chi connectivity index (χ4n) is 1.76. The molecule has 0 unspecified atom stereocenters. The minimum Gasteiger partial charge on any atom is -0.342 e. The van der Waals surface area contributed by atoms with Gasteiger partial charge in [-0.25, -0.2) is 13.6 Å². The third-order valence-electron chi connectivity index (χ3n) is 3.84. The van der Waals surface area contributed by atoms with E-state index in [1.54, 1.807) is 16.5 Å². The van der Waals surface area contributed by atoms with Crippen LogP contribution in [0.5, 0.6) is 0 Å². The maximum atomic E-state index is 12.5. The molecule has 1 heterocycles. The van der Waals surface area contributed by atoms with Gasteiger partial charge in [-0.2, -0.15) is 0 Å². The van der Waals surface area contributed by atoms with Gasteiger partial charge in [-0.1, -0.05) is 6.92 Å². The lowest BCUT2D eigenvalue weighted by Crippen LogP contribution is -2.45. The van der Waals surface area contributed by atoms with E-state index in [4.69, 9.17) is 5.14 Å². The molecule has 0 bridgehead atoms. The molecule has 0 fully saturated rings. The minimum absolute atomic E-state index is 0.0367. The number of carbonyl (C=O) groups excluding carboxylic acids is 1. The summed E-state index contributed by atoms with van der Waals surface area (Å²) in [5.74, 6) is -0.214. The van der Waals surface area contributed by atoms with E-state index < -0.39 is 10.0 Å². The molecule has 2 N–H and O–H groups in total. The summed E-state index contributed by atoms with van der Waals surface area (Å²) in [5, 5.41) is 5.12. The number of amides is 1. The first-order valence-electron chi connectivity index (χ1n) is 6.55. The molecule has 0 aliphatic heterocycles. The first-order chi connectivity index (χ1) is 9.04. The summed E-state index contributed by atoms with van der Waals surface area (Å²) in [5.41, 5.74) is 0.0300. The van der Waals surface area contributed by atoms with Crippen molar-refractivity contribution >= 4 is 15.9 Å². The van der Waals surface area contributed by atoms with E-state index in [1.165, 1.54) is 12.3 Å². The fraction of sp³-hybridized carbons (Fsp3) is 0.615. The average Bonchev–Trinajstić information content (AvgIpc) is 2.80. The van der Waals surface area contributed by atoms with Gasteiger partial charge in [0.1, 0.15) is 10.6 Å². The summed E-state index contributed by atoms with van der Waals surface area (Å²) in [7, 11) is -2.09. The molecule has 0 saturated carbocycles. The minimum atomic E-state index is -3.81. The molecule has 0 spiro atoms. The van der Waals surface area contributed by atoms with Crippen molar-refractivity contribution in [2.24, 2.45) is 5.14 Å². The predicted molar refractivity (Wildman–Crippen MR) is 77.9 cm³/mol. The standard InChI is InChI=1S/C13H23N3O3S/c1-6-13(3,4)15(5)12(17)11-8-10(20(14,18)19)9-16(11)7-2/h8-9H,6-7H2,1-5H3,(H2,14,18,19). The number of primary sulfonamides is 1. The summed E-state index contributed by atoms with van der Waals surface area (Å²) >= 11 is 0. The Morgan fingerprint density at radius 3 is 2.35 bits per heavy atom. The molecule has 0 atom stereocenters. The van der Waals surface area contributed by atoms with Crippen LogP contribution in [-0.4, -0.2) is 36.4 Å². The fourth-order valence-corrected chi connectivity index (χ4v) is 2.31. The topological polar surface area (TPSA) is 85.4 Å². The van der Waals surface area contributed by atoms with Gasteiger partial charge in [-0.05, 0) is 33.3 Å². The van der Waals surface area contributed by atoms with Gasteiger partial charge >= 0.3 is 0 Å². The number of carbonyl (C=O) groups is 1. The van der Waals surface area contributed by atoms with Gasteiger partial charge in [0.05, 0.1) is 0 Å². The van der Waals surface area contributed by atoms with Gasteiger partial charge in [0.2, 0.25) is 10.0 Å². The molecule has 0 radical (unpaired) electrons. The van der Waals surface area contributed by atoms with E-state index >= 15 is 0 Å². The highest BCUT2D eigenvalue weighted by atomic mass is 32.2. The molecule has 1 aromatic rings. The Labute approximate surface area is 120 Å².